The van der Waals surface area contributed by atoms with E-state index in [4.69, 9.17) is 17.4 Å². The van der Waals surface area contributed by atoms with E-state index in [0.29, 0.717) is 0 Å². The van der Waals surface area contributed by atoms with Gasteiger partial charge in [-0.05, 0) is 0 Å². The van der Waals surface area contributed by atoms with Crippen LogP contribution in [-0.4, -0.2) is 23.7 Å². The SMILES string of the molecule is [C-]#[N+]C[C@H](N)C(=O)O. The van der Waals surface area contributed by atoms with Gasteiger partial charge >= 0.3 is 5.97 Å². The van der Waals surface area contributed by atoms with Gasteiger partial charge in [0.05, 0.1) is 0 Å². The Kier molecular flexibility index (Phi) is 2.59. The van der Waals surface area contributed by atoms with Crippen molar-refractivity contribution in [1.29, 1.82) is 0 Å². The normalized spacial score (nSPS) is 12.0. The Morgan fingerprint density at radius 2 is 2.50 bits per heavy atom. The van der Waals surface area contributed by atoms with Gasteiger partial charge in [0.1, 0.15) is 0 Å². The molecule has 0 aliphatic rings. The smallest absolute Gasteiger partial charge is 0.328 e. The molecule has 4 nitrogen and oxygen atoms in total. The molecule has 0 spiro atoms. The summed E-state index contributed by atoms with van der Waals surface area (Å²) in [5, 5.41) is 8.04. The number of aliphatic carboxylic acids is 1. The molecule has 0 aromatic rings. The summed E-state index contributed by atoms with van der Waals surface area (Å²) < 4.78 is 0. The monoisotopic (exact) mass is 114 g/mol. The number of carboxylic acids is 1. The van der Waals surface area contributed by atoms with Crippen LogP contribution in [0.4, 0.5) is 0 Å². The Hall–Kier alpha value is -1.08. The van der Waals surface area contributed by atoms with Crippen molar-refractivity contribution in [2.75, 3.05) is 6.54 Å². The van der Waals surface area contributed by atoms with Crippen molar-refractivity contribution in [2.45, 2.75) is 6.04 Å². The summed E-state index contributed by atoms with van der Waals surface area (Å²) in [4.78, 5) is 12.6. The zero-order valence-electron chi connectivity index (χ0n) is 4.16. The number of nitrogens with two attached hydrogens (primary N) is 1. The molecule has 0 aromatic heterocycles. The highest BCUT2D eigenvalue weighted by Crippen LogP contribution is 1.77. The molecule has 0 amide bonds. The first-order chi connectivity index (χ1) is 3.68. The molecule has 0 radical (unpaired) electrons. The van der Waals surface area contributed by atoms with Gasteiger partial charge in [-0.1, -0.05) is 0 Å². The van der Waals surface area contributed by atoms with E-state index in [9.17, 15) is 4.79 Å². The summed E-state index contributed by atoms with van der Waals surface area (Å²) in [6.07, 6.45) is 0. The summed E-state index contributed by atoms with van der Waals surface area (Å²) in [5.41, 5.74) is 4.91. The zero-order chi connectivity index (χ0) is 6.57. The highest BCUT2D eigenvalue weighted by atomic mass is 16.4. The maximum Gasteiger partial charge on any atom is 0.328 e. The third-order valence-electron chi connectivity index (χ3n) is 0.605. The van der Waals surface area contributed by atoms with E-state index in [1.165, 1.54) is 0 Å². The number of rotatable bonds is 2. The number of carbonyl (C=O) groups is 1. The van der Waals surface area contributed by atoms with E-state index < -0.39 is 12.0 Å². The molecule has 0 saturated carbocycles. The molecule has 0 aliphatic heterocycles. The summed E-state index contributed by atoms with van der Waals surface area (Å²) in [6.45, 7) is 6.06. The van der Waals surface area contributed by atoms with E-state index in [1.54, 1.807) is 0 Å². The second-order valence-electron chi connectivity index (χ2n) is 1.29. The minimum atomic E-state index is -1.12. The van der Waals surface area contributed by atoms with Gasteiger partial charge in [0.2, 0.25) is 6.54 Å². The molecule has 4 heteroatoms. The Morgan fingerprint density at radius 1 is 2.00 bits per heavy atom. The molecule has 0 heterocycles. The molecule has 44 valence electrons. The Labute approximate surface area is 46.7 Å². The fraction of sp³-hybridized carbons (Fsp3) is 0.500. The largest absolute Gasteiger partial charge is 0.480 e. The average molecular weight is 114 g/mol. The van der Waals surface area contributed by atoms with Crippen LogP contribution in [-0.2, 0) is 4.79 Å². The number of hydrogen-bond acceptors (Lipinski definition) is 2. The van der Waals surface area contributed by atoms with E-state index >= 15 is 0 Å². The highest BCUT2D eigenvalue weighted by molar-refractivity contribution is 5.73. The Bertz CT molecular complexity index is 126. The van der Waals surface area contributed by atoms with Crippen LogP contribution in [0.2, 0.25) is 0 Å². The molecule has 0 rings (SSSR count). The van der Waals surface area contributed by atoms with Crippen LogP contribution >= 0.6 is 0 Å². The summed E-state index contributed by atoms with van der Waals surface area (Å²) in [5.74, 6) is -1.12. The van der Waals surface area contributed by atoms with E-state index in [1.807, 2.05) is 0 Å². The maximum atomic E-state index is 9.82. The van der Waals surface area contributed by atoms with Gasteiger partial charge in [-0.3, -0.25) is 4.79 Å². The predicted molar refractivity (Wildman–Crippen MR) is 27.1 cm³/mol. The van der Waals surface area contributed by atoms with Crippen LogP contribution in [0.3, 0.4) is 0 Å². The summed E-state index contributed by atoms with van der Waals surface area (Å²) in [6, 6.07) is -1.02. The Balaban J connectivity index is 3.52. The van der Waals surface area contributed by atoms with Crippen molar-refractivity contribution >= 4 is 5.97 Å². The van der Waals surface area contributed by atoms with Crippen LogP contribution in [0.15, 0.2) is 0 Å². The van der Waals surface area contributed by atoms with E-state index in [0.717, 1.165) is 0 Å². The van der Waals surface area contributed by atoms with E-state index in [2.05, 4.69) is 4.85 Å². The quantitative estimate of drug-likeness (QED) is 0.467. The zero-order valence-corrected chi connectivity index (χ0v) is 4.16. The fourth-order valence-corrected chi connectivity index (χ4v) is 0.176. The van der Waals surface area contributed by atoms with Crippen LogP contribution in [0, 0.1) is 6.57 Å². The van der Waals surface area contributed by atoms with Gasteiger partial charge in [0, 0.05) is 0 Å². The van der Waals surface area contributed by atoms with Crippen LogP contribution < -0.4 is 5.73 Å². The molecule has 0 aromatic carbocycles. The first-order valence-electron chi connectivity index (χ1n) is 2.00. The van der Waals surface area contributed by atoms with E-state index in [-0.39, 0.29) is 6.54 Å². The van der Waals surface area contributed by atoms with Gasteiger partial charge in [-0.2, -0.15) is 0 Å². The van der Waals surface area contributed by atoms with Crippen LogP contribution in [0.25, 0.3) is 4.85 Å². The van der Waals surface area contributed by atoms with Gasteiger partial charge < -0.3 is 15.7 Å². The molecular formula is C4H6N2O2. The summed E-state index contributed by atoms with van der Waals surface area (Å²) in [7, 11) is 0. The predicted octanol–water partition coefficient (Wildman–Crippen LogP) is -0.682. The third kappa shape index (κ3) is 2.16. The molecule has 1 atom stereocenters. The second kappa shape index (κ2) is 2.99. The van der Waals surface area contributed by atoms with Gasteiger partial charge in [-0.25, -0.2) is 6.57 Å². The molecule has 0 bridgehead atoms. The molecule has 8 heavy (non-hydrogen) atoms. The minimum Gasteiger partial charge on any atom is -0.480 e. The Morgan fingerprint density at radius 3 is 2.62 bits per heavy atom. The van der Waals surface area contributed by atoms with Gasteiger partial charge in [0.15, 0.2) is 6.04 Å². The van der Waals surface area contributed by atoms with Crippen molar-refractivity contribution in [2.24, 2.45) is 5.73 Å². The van der Waals surface area contributed by atoms with Crippen molar-refractivity contribution in [3.8, 4) is 0 Å². The topological polar surface area (TPSA) is 67.7 Å². The van der Waals surface area contributed by atoms with Crippen molar-refractivity contribution < 1.29 is 9.90 Å². The third-order valence-corrected chi connectivity index (χ3v) is 0.605. The molecule has 0 saturated heterocycles. The average Bonchev–Trinajstić information content (AvgIpc) is 1.67. The second-order valence-corrected chi connectivity index (χ2v) is 1.29. The summed E-state index contributed by atoms with van der Waals surface area (Å²) >= 11 is 0. The van der Waals surface area contributed by atoms with Gasteiger partial charge in [0.25, 0.3) is 0 Å². The van der Waals surface area contributed by atoms with Crippen molar-refractivity contribution in [3.05, 3.63) is 11.4 Å². The van der Waals surface area contributed by atoms with Gasteiger partial charge in [-0.15, -0.1) is 0 Å². The fourth-order valence-electron chi connectivity index (χ4n) is 0.176. The number of nitrogens with zero attached hydrogens (tertiary/aromatic N) is 1. The maximum absolute atomic E-state index is 9.82. The van der Waals surface area contributed by atoms with Crippen LogP contribution in [0.1, 0.15) is 0 Å². The lowest BCUT2D eigenvalue weighted by molar-refractivity contribution is -0.138. The first-order valence-corrected chi connectivity index (χ1v) is 2.00. The molecule has 0 unspecified atom stereocenters. The molecule has 0 fully saturated rings. The standard InChI is InChI=1S/C4H6N2O2/c1-6-2-3(5)4(7)8/h3H,2,5H2,(H,7,8)/t3-/m0/s1. The van der Waals surface area contributed by atoms with Crippen molar-refractivity contribution in [3.63, 3.8) is 0 Å². The lowest BCUT2D eigenvalue weighted by atomic mass is 10.3. The lowest BCUT2D eigenvalue weighted by Gasteiger charge is -1.92. The lowest BCUT2D eigenvalue weighted by Crippen LogP contribution is -2.32. The molecular weight excluding hydrogens is 108 g/mol. The molecule has 0 aliphatic carbocycles. The molecule has 3 N–H and O–H groups in total. The minimum absolute atomic E-state index is 0.144. The number of hydrogen-bond donors (Lipinski definition) is 2. The number of carboxylic acid groups (broad SMARTS) is 1. The van der Waals surface area contributed by atoms with Crippen LogP contribution in [0.5, 0.6) is 0 Å². The first kappa shape index (κ1) is 6.92. The highest BCUT2D eigenvalue weighted by Gasteiger charge is 2.12. The van der Waals surface area contributed by atoms with Crippen molar-refractivity contribution in [1.82, 2.24) is 0 Å².